The third-order valence-electron chi connectivity index (χ3n) is 1.27. The van der Waals surface area contributed by atoms with Crippen LogP contribution < -0.4 is 0 Å². The Morgan fingerprint density at radius 1 is 1.50 bits per heavy atom. The molecule has 0 bridgehead atoms. The molecule has 0 saturated heterocycles. The highest BCUT2D eigenvalue weighted by Crippen LogP contribution is 1.98. The third kappa shape index (κ3) is 5.94. The molecule has 0 aliphatic rings. The number of rotatable bonds is 3. The van der Waals surface area contributed by atoms with Crippen molar-refractivity contribution in [2.24, 2.45) is 0 Å². The van der Waals surface area contributed by atoms with E-state index in [0.717, 1.165) is 19.3 Å². The predicted octanol–water partition coefficient (Wildman–Crippen LogP) is 1.78. The zero-order valence-corrected chi connectivity index (χ0v) is 6.99. The van der Waals surface area contributed by atoms with E-state index in [1.54, 1.807) is 0 Å². The summed E-state index contributed by atoms with van der Waals surface area (Å²) in [5, 5.41) is 9.06. The first-order valence-electron chi connectivity index (χ1n) is 3.51. The fraction of sp³-hybridized carbons (Fsp3) is 0.750. The number of hydrogen-bond acceptors (Lipinski definition) is 1. The van der Waals surface area contributed by atoms with E-state index in [9.17, 15) is 0 Å². The SMILES string of the molecule is CCC(O)CCC#CCCl. The van der Waals surface area contributed by atoms with Gasteiger partial charge in [-0.3, -0.25) is 0 Å². The molecule has 1 atom stereocenters. The van der Waals surface area contributed by atoms with Crippen molar-refractivity contribution in [2.75, 3.05) is 5.88 Å². The molecule has 0 aliphatic heterocycles. The van der Waals surface area contributed by atoms with Gasteiger partial charge < -0.3 is 5.11 Å². The minimum atomic E-state index is -0.190. The fourth-order valence-corrected chi connectivity index (χ4v) is 0.673. The molecule has 0 rings (SSSR count). The number of aliphatic hydroxyl groups is 1. The van der Waals surface area contributed by atoms with Crippen molar-refractivity contribution in [1.29, 1.82) is 0 Å². The van der Waals surface area contributed by atoms with E-state index >= 15 is 0 Å². The molecular formula is C8H13ClO. The van der Waals surface area contributed by atoms with Gasteiger partial charge in [-0.1, -0.05) is 12.8 Å². The summed E-state index contributed by atoms with van der Waals surface area (Å²) in [5.74, 6) is 5.98. The van der Waals surface area contributed by atoms with Crippen molar-refractivity contribution in [3.63, 3.8) is 0 Å². The summed E-state index contributed by atoms with van der Waals surface area (Å²) in [6.07, 6.45) is 2.13. The van der Waals surface area contributed by atoms with Gasteiger partial charge >= 0.3 is 0 Å². The fourth-order valence-electron chi connectivity index (χ4n) is 0.579. The Kier molecular flexibility index (Phi) is 6.79. The first-order chi connectivity index (χ1) is 4.81. The number of aliphatic hydroxyl groups excluding tert-OH is 1. The van der Waals surface area contributed by atoms with Gasteiger partial charge in [0.1, 0.15) is 0 Å². The Labute approximate surface area is 67.4 Å². The molecule has 0 aromatic carbocycles. The van der Waals surface area contributed by atoms with E-state index in [0.29, 0.717) is 5.88 Å². The van der Waals surface area contributed by atoms with E-state index in [4.69, 9.17) is 16.7 Å². The quantitative estimate of drug-likeness (QED) is 0.493. The standard InChI is InChI=1S/C8H13ClO/c1-2-8(10)6-4-3-5-7-9/h8,10H,2,4,6-7H2,1H3. The molecule has 0 aromatic rings. The maximum Gasteiger partial charge on any atom is 0.0835 e. The van der Waals surface area contributed by atoms with Crippen LogP contribution in [0.25, 0.3) is 0 Å². The second-order valence-corrected chi connectivity index (χ2v) is 2.36. The van der Waals surface area contributed by atoms with Gasteiger partial charge in [0.2, 0.25) is 0 Å². The highest BCUT2D eigenvalue weighted by molar-refractivity contribution is 6.19. The lowest BCUT2D eigenvalue weighted by Gasteiger charge is -2.01. The molecule has 0 saturated carbocycles. The van der Waals surface area contributed by atoms with Gasteiger partial charge in [-0.05, 0) is 12.8 Å². The van der Waals surface area contributed by atoms with Crippen LogP contribution in [0.3, 0.4) is 0 Å². The molecule has 0 fully saturated rings. The summed E-state index contributed by atoms with van der Waals surface area (Å²) in [6.45, 7) is 1.96. The minimum absolute atomic E-state index is 0.190. The van der Waals surface area contributed by atoms with Crippen LogP contribution in [-0.4, -0.2) is 17.1 Å². The van der Waals surface area contributed by atoms with Gasteiger partial charge in [0.25, 0.3) is 0 Å². The second kappa shape index (κ2) is 6.92. The number of halogens is 1. The first-order valence-corrected chi connectivity index (χ1v) is 4.04. The van der Waals surface area contributed by atoms with Crippen LogP contribution in [0.1, 0.15) is 26.2 Å². The number of hydrogen-bond donors (Lipinski definition) is 1. The Bertz CT molecular complexity index is 123. The van der Waals surface area contributed by atoms with Gasteiger partial charge in [-0.15, -0.1) is 17.5 Å². The van der Waals surface area contributed by atoms with Crippen LogP contribution in [0, 0.1) is 11.8 Å². The van der Waals surface area contributed by atoms with Crippen molar-refractivity contribution in [1.82, 2.24) is 0 Å². The highest BCUT2D eigenvalue weighted by Gasteiger charge is 1.96. The molecule has 0 heterocycles. The van der Waals surface area contributed by atoms with Gasteiger partial charge in [0.15, 0.2) is 0 Å². The first kappa shape index (κ1) is 9.81. The van der Waals surface area contributed by atoms with Crippen LogP contribution in [0.5, 0.6) is 0 Å². The highest BCUT2D eigenvalue weighted by atomic mass is 35.5. The molecule has 0 amide bonds. The summed E-state index contributed by atoms with van der Waals surface area (Å²) < 4.78 is 0. The largest absolute Gasteiger partial charge is 0.393 e. The van der Waals surface area contributed by atoms with E-state index in [1.165, 1.54) is 0 Å². The van der Waals surface area contributed by atoms with Crippen LogP contribution in [-0.2, 0) is 0 Å². The normalized spacial score (nSPS) is 11.9. The average molecular weight is 161 g/mol. The van der Waals surface area contributed by atoms with Crippen molar-refractivity contribution < 1.29 is 5.11 Å². The zero-order valence-electron chi connectivity index (χ0n) is 6.23. The van der Waals surface area contributed by atoms with Crippen molar-refractivity contribution >= 4 is 11.6 Å². The van der Waals surface area contributed by atoms with Gasteiger partial charge in [0.05, 0.1) is 12.0 Å². The molecule has 1 nitrogen and oxygen atoms in total. The van der Waals surface area contributed by atoms with Crippen molar-refractivity contribution in [2.45, 2.75) is 32.3 Å². The van der Waals surface area contributed by atoms with E-state index in [-0.39, 0.29) is 6.10 Å². The molecule has 2 heteroatoms. The Morgan fingerprint density at radius 3 is 2.70 bits per heavy atom. The summed E-state index contributed by atoms with van der Waals surface area (Å²) in [5.41, 5.74) is 0. The summed E-state index contributed by atoms with van der Waals surface area (Å²) in [6, 6.07) is 0. The molecule has 1 unspecified atom stereocenters. The minimum Gasteiger partial charge on any atom is -0.393 e. The Hall–Kier alpha value is -0.190. The molecule has 58 valence electrons. The molecule has 0 spiro atoms. The molecule has 10 heavy (non-hydrogen) atoms. The maximum absolute atomic E-state index is 9.06. The summed E-state index contributed by atoms with van der Waals surface area (Å²) in [4.78, 5) is 0. The van der Waals surface area contributed by atoms with Gasteiger partial charge in [-0.25, -0.2) is 0 Å². The van der Waals surface area contributed by atoms with Gasteiger partial charge in [-0.2, -0.15) is 0 Å². The van der Waals surface area contributed by atoms with Crippen molar-refractivity contribution in [3.8, 4) is 11.8 Å². The smallest absolute Gasteiger partial charge is 0.0835 e. The molecule has 0 radical (unpaired) electrons. The van der Waals surface area contributed by atoms with Crippen LogP contribution in [0.2, 0.25) is 0 Å². The Balaban J connectivity index is 3.18. The topological polar surface area (TPSA) is 20.2 Å². The molecule has 0 aliphatic carbocycles. The maximum atomic E-state index is 9.06. The monoisotopic (exact) mass is 160 g/mol. The predicted molar refractivity (Wildman–Crippen MR) is 44.0 cm³/mol. The zero-order chi connectivity index (χ0) is 7.82. The molecule has 0 aromatic heterocycles. The van der Waals surface area contributed by atoms with E-state index in [1.807, 2.05) is 6.92 Å². The third-order valence-corrected chi connectivity index (χ3v) is 1.40. The van der Waals surface area contributed by atoms with E-state index in [2.05, 4.69) is 11.8 Å². The summed E-state index contributed by atoms with van der Waals surface area (Å²) >= 11 is 5.31. The van der Waals surface area contributed by atoms with Gasteiger partial charge in [0, 0.05) is 6.42 Å². The van der Waals surface area contributed by atoms with Crippen LogP contribution >= 0.6 is 11.6 Å². The van der Waals surface area contributed by atoms with Crippen molar-refractivity contribution in [3.05, 3.63) is 0 Å². The molecular weight excluding hydrogens is 148 g/mol. The Morgan fingerprint density at radius 2 is 2.20 bits per heavy atom. The average Bonchev–Trinajstić information content (AvgIpc) is 1.98. The lowest BCUT2D eigenvalue weighted by molar-refractivity contribution is 0.162. The number of alkyl halides is 1. The second-order valence-electron chi connectivity index (χ2n) is 2.09. The van der Waals surface area contributed by atoms with Crippen LogP contribution in [0.4, 0.5) is 0 Å². The lowest BCUT2D eigenvalue weighted by Crippen LogP contribution is -2.02. The van der Waals surface area contributed by atoms with Crippen LogP contribution in [0.15, 0.2) is 0 Å². The van der Waals surface area contributed by atoms with E-state index < -0.39 is 0 Å². The summed E-state index contributed by atoms with van der Waals surface area (Å²) in [7, 11) is 0. The molecule has 1 N–H and O–H groups in total. The lowest BCUT2D eigenvalue weighted by atomic mass is 10.1.